The van der Waals surface area contributed by atoms with Gasteiger partial charge in [0.25, 0.3) is 0 Å². The zero-order chi connectivity index (χ0) is 14.5. The molecule has 1 amide bonds. The molecule has 0 spiro atoms. The van der Waals surface area contributed by atoms with Crippen LogP contribution in [0.25, 0.3) is 0 Å². The molecule has 1 unspecified atom stereocenters. The highest BCUT2D eigenvalue weighted by molar-refractivity contribution is 6.28. The Bertz CT molecular complexity index is 440. The van der Waals surface area contributed by atoms with Crippen LogP contribution >= 0.6 is 11.6 Å². The zero-order valence-corrected chi connectivity index (χ0v) is 12.0. The molecule has 19 heavy (non-hydrogen) atoms. The van der Waals surface area contributed by atoms with Crippen molar-refractivity contribution in [3.05, 3.63) is 35.9 Å². The first-order valence-corrected chi connectivity index (χ1v) is 6.50. The number of carbonyl (C=O) groups is 2. The summed E-state index contributed by atoms with van der Waals surface area (Å²) in [7, 11) is 0. The van der Waals surface area contributed by atoms with Gasteiger partial charge in [0.2, 0.25) is 0 Å². The molecule has 0 aromatic heterocycles. The average Bonchev–Trinajstić information content (AvgIpc) is 2.34. The molecule has 0 bridgehead atoms. The lowest BCUT2D eigenvalue weighted by Crippen LogP contribution is -2.38. The summed E-state index contributed by atoms with van der Waals surface area (Å²) in [5.74, 6) is -0.450. The second-order valence-corrected chi connectivity index (χ2v) is 5.36. The van der Waals surface area contributed by atoms with Crippen LogP contribution in [-0.2, 0) is 9.53 Å². The van der Waals surface area contributed by atoms with Crippen molar-refractivity contribution in [1.82, 2.24) is 5.32 Å². The molecular formula is C14H18ClNO3. The lowest BCUT2D eigenvalue weighted by atomic mass is 10.0. The number of Topliss-reactive ketones (excluding diaryl/α,β-unsaturated/α-hetero) is 1. The number of benzene rings is 1. The molecule has 0 aliphatic rings. The molecule has 0 radical (unpaired) electrons. The number of ether oxygens (including phenoxy) is 1. The summed E-state index contributed by atoms with van der Waals surface area (Å²) in [6.07, 6.45) is -0.639. The molecule has 4 nitrogen and oxygen atoms in total. The van der Waals surface area contributed by atoms with Gasteiger partial charge in [0.05, 0.1) is 5.88 Å². The van der Waals surface area contributed by atoms with Gasteiger partial charge in [-0.3, -0.25) is 4.79 Å². The third kappa shape index (κ3) is 5.30. The van der Waals surface area contributed by atoms with Gasteiger partial charge >= 0.3 is 6.09 Å². The van der Waals surface area contributed by atoms with Crippen LogP contribution < -0.4 is 5.32 Å². The highest BCUT2D eigenvalue weighted by atomic mass is 35.5. The van der Waals surface area contributed by atoms with Crippen LogP contribution in [0.2, 0.25) is 0 Å². The SMILES string of the molecule is CC(C)(C)OC(=O)NC(C(=O)CCl)c1ccccc1. The lowest BCUT2D eigenvalue weighted by Gasteiger charge is -2.23. The van der Waals surface area contributed by atoms with Gasteiger partial charge in [-0.1, -0.05) is 30.3 Å². The Hall–Kier alpha value is -1.55. The first kappa shape index (κ1) is 15.5. The Balaban J connectivity index is 2.83. The van der Waals surface area contributed by atoms with E-state index in [4.69, 9.17) is 16.3 Å². The summed E-state index contributed by atoms with van der Waals surface area (Å²) in [6, 6.07) is 8.15. The summed E-state index contributed by atoms with van der Waals surface area (Å²) in [5, 5.41) is 2.55. The molecule has 1 aromatic rings. The van der Waals surface area contributed by atoms with Gasteiger partial charge in [0, 0.05) is 0 Å². The summed E-state index contributed by atoms with van der Waals surface area (Å²) in [6.45, 7) is 5.27. The van der Waals surface area contributed by atoms with Crippen LogP contribution in [0.5, 0.6) is 0 Å². The molecule has 0 aliphatic heterocycles. The van der Waals surface area contributed by atoms with Gasteiger partial charge in [-0.2, -0.15) is 0 Å². The number of hydrogen-bond acceptors (Lipinski definition) is 3. The van der Waals surface area contributed by atoms with Crippen LogP contribution in [0.15, 0.2) is 30.3 Å². The standard InChI is InChI=1S/C14H18ClNO3/c1-14(2,3)19-13(18)16-12(11(17)9-15)10-7-5-4-6-8-10/h4-8,12H,9H2,1-3H3,(H,16,18). The number of nitrogens with one attached hydrogen (secondary N) is 1. The minimum absolute atomic E-state index is 0.171. The molecule has 1 N–H and O–H groups in total. The maximum absolute atomic E-state index is 11.8. The quantitative estimate of drug-likeness (QED) is 0.864. The molecule has 0 saturated heterocycles. The number of halogens is 1. The van der Waals surface area contributed by atoms with E-state index in [-0.39, 0.29) is 11.7 Å². The van der Waals surface area contributed by atoms with E-state index in [1.807, 2.05) is 6.07 Å². The molecule has 1 aromatic carbocycles. The second kappa shape index (κ2) is 6.57. The molecule has 104 valence electrons. The van der Waals surface area contributed by atoms with Crippen molar-refractivity contribution >= 4 is 23.5 Å². The van der Waals surface area contributed by atoms with Crippen LogP contribution in [-0.4, -0.2) is 23.4 Å². The minimum Gasteiger partial charge on any atom is -0.444 e. The smallest absolute Gasteiger partial charge is 0.408 e. The van der Waals surface area contributed by atoms with E-state index in [2.05, 4.69) is 5.32 Å². The van der Waals surface area contributed by atoms with Crippen molar-refractivity contribution in [2.75, 3.05) is 5.88 Å². The van der Waals surface area contributed by atoms with Crippen molar-refractivity contribution in [3.8, 4) is 0 Å². The number of carbonyl (C=O) groups excluding carboxylic acids is 2. The molecule has 0 heterocycles. The zero-order valence-electron chi connectivity index (χ0n) is 11.3. The number of alkyl carbamates (subject to hydrolysis) is 1. The molecule has 0 fully saturated rings. The first-order chi connectivity index (χ1) is 8.83. The Morgan fingerprint density at radius 2 is 1.84 bits per heavy atom. The van der Waals surface area contributed by atoms with Gasteiger partial charge in [-0.15, -0.1) is 11.6 Å². The van der Waals surface area contributed by atoms with Gasteiger partial charge in [0.1, 0.15) is 11.6 Å². The molecule has 0 saturated carbocycles. The fourth-order valence-corrected chi connectivity index (χ4v) is 1.65. The van der Waals surface area contributed by atoms with Gasteiger partial charge in [-0.05, 0) is 26.3 Å². The topological polar surface area (TPSA) is 55.4 Å². The monoisotopic (exact) mass is 283 g/mol. The van der Waals surface area contributed by atoms with E-state index in [0.29, 0.717) is 5.56 Å². The van der Waals surface area contributed by atoms with Gasteiger partial charge in [0.15, 0.2) is 5.78 Å². The lowest BCUT2D eigenvalue weighted by molar-refractivity contribution is -0.118. The van der Waals surface area contributed by atoms with E-state index in [9.17, 15) is 9.59 Å². The summed E-state index contributed by atoms with van der Waals surface area (Å²) >= 11 is 5.57. The number of ketones is 1. The van der Waals surface area contributed by atoms with Crippen molar-refractivity contribution in [3.63, 3.8) is 0 Å². The van der Waals surface area contributed by atoms with Crippen molar-refractivity contribution in [2.24, 2.45) is 0 Å². The van der Waals surface area contributed by atoms with Crippen LogP contribution in [0, 0.1) is 0 Å². The Labute approximate surface area is 118 Å². The van der Waals surface area contributed by atoms with E-state index < -0.39 is 17.7 Å². The normalized spacial score (nSPS) is 12.6. The number of hydrogen-bond donors (Lipinski definition) is 1. The minimum atomic E-state index is -0.784. The molecular weight excluding hydrogens is 266 g/mol. The van der Waals surface area contributed by atoms with Crippen molar-refractivity contribution in [2.45, 2.75) is 32.4 Å². The first-order valence-electron chi connectivity index (χ1n) is 5.96. The van der Waals surface area contributed by atoms with E-state index >= 15 is 0 Å². The Morgan fingerprint density at radius 3 is 2.32 bits per heavy atom. The van der Waals surface area contributed by atoms with Crippen molar-refractivity contribution in [1.29, 1.82) is 0 Å². The summed E-state index contributed by atoms with van der Waals surface area (Å²) < 4.78 is 5.14. The highest BCUT2D eigenvalue weighted by Crippen LogP contribution is 2.16. The second-order valence-electron chi connectivity index (χ2n) is 5.09. The molecule has 1 atom stereocenters. The predicted octanol–water partition coefficient (Wildman–Crippen LogP) is 3.06. The maximum Gasteiger partial charge on any atom is 0.408 e. The fourth-order valence-electron chi connectivity index (χ4n) is 1.50. The van der Waals surface area contributed by atoms with Gasteiger partial charge < -0.3 is 10.1 Å². The largest absolute Gasteiger partial charge is 0.444 e. The highest BCUT2D eigenvalue weighted by Gasteiger charge is 2.24. The molecule has 5 heteroatoms. The number of alkyl halides is 1. The van der Waals surface area contributed by atoms with Crippen LogP contribution in [0.1, 0.15) is 32.4 Å². The predicted molar refractivity (Wildman–Crippen MR) is 74.3 cm³/mol. The number of amides is 1. The molecule has 0 aliphatic carbocycles. The third-order valence-electron chi connectivity index (χ3n) is 2.25. The third-order valence-corrected chi connectivity index (χ3v) is 2.51. The van der Waals surface area contributed by atoms with Crippen molar-refractivity contribution < 1.29 is 14.3 Å². The average molecular weight is 284 g/mol. The molecule has 1 rings (SSSR count). The number of rotatable bonds is 4. The van der Waals surface area contributed by atoms with Crippen LogP contribution in [0.3, 0.4) is 0 Å². The summed E-state index contributed by atoms with van der Waals surface area (Å²) in [5.41, 5.74) is 0.0639. The van der Waals surface area contributed by atoms with Gasteiger partial charge in [-0.25, -0.2) is 4.79 Å². The fraction of sp³-hybridized carbons (Fsp3) is 0.429. The van der Waals surface area contributed by atoms with E-state index in [1.165, 1.54) is 0 Å². The van der Waals surface area contributed by atoms with E-state index in [0.717, 1.165) is 0 Å². The van der Waals surface area contributed by atoms with E-state index in [1.54, 1.807) is 45.0 Å². The summed E-state index contributed by atoms with van der Waals surface area (Å²) in [4.78, 5) is 23.5. The Kier molecular flexibility index (Phi) is 5.36. The van der Waals surface area contributed by atoms with Crippen LogP contribution in [0.4, 0.5) is 4.79 Å². The maximum atomic E-state index is 11.8. The Morgan fingerprint density at radius 1 is 1.26 bits per heavy atom.